The molecule has 1 aliphatic heterocycles. The fourth-order valence-electron chi connectivity index (χ4n) is 4.07. The predicted octanol–water partition coefficient (Wildman–Crippen LogP) is -0.486. The minimum atomic E-state index is -1.44. The molecule has 12 nitrogen and oxygen atoms in total. The van der Waals surface area contributed by atoms with Gasteiger partial charge in [0.1, 0.15) is 18.1 Å². The summed E-state index contributed by atoms with van der Waals surface area (Å²) >= 11 is 0. The zero-order chi connectivity index (χ0) is 27.2. The number of unbranched alkanes of at least 4 members (excludes halogenated alkanes) is 1. The lowest BCUT2D eigenvalue weighted by Crippen LogP contribution is -2.57. The molecule has 204 valence electrons. The summed E-state index contributed by atoms with van der Waals surface area (Å²) in [5.74, 6) is -4.21. The number of carboxylic acids is 2. The Bertz CT molecular complexity index is 921. The Kier molecular flexibility index (Phi) is 12.5. The van der Waals surface area contributed by atoms with Crippen molar-refractivity contribution in [3.8, 4) is 0 Å². The van der Waals surface area contributed by atoms with Gasteiger partial charge in [0, 0.05) is 12.8 Å². The lowest BCUT2D eigenvalue weighted by atomic mass is 10.0. The molecule has 0 saturated carbocycles. The van der Waals surface area contributed by atoms with Crippen LogP contribution in [0.5, 0.6) is 0 Å². The lowest BCUT2D eigenvalue weighted by molar-refractivity contribution is -0.143. The van der Waals surface area contributed by atoms with Crippen molar-refractivity contribution in [1.82, 2.24) is 21.3 Å². The first-order valence-electron chi connectivity index (χ1n) is 12.5. The van der Waals surface area contributed by atoms with Crippen molar-refractivity contribution in [2.24, 2.45) is 5.73 Å². The fraction of sp³-hybridized carbons (Fsp3) is 0.560. The van der Waals surface area contributed by atoms with Crippen LogP contribution in [0.2, 0.25) is 0 Å². The second-order valence-electron chi connectivity index (χ2n) is 9.08. The summed E-state index contributed by atoms with van der Waals surface area (Å²) in [6.45, 7) is 1.15. The summed E-state index contributed by atoms with van der Waals surface area (Å²) < 4.78 is 0. The Hall–Kier alpha value is -3.51. The summed E-state index contributed by atoms with van der Waals surface area (Å²) in [6.07, 6.45) is 2.38. The van der Waals surface area contributed by atoms with Gasteiger partial charge in [0.05, 0.1) is 6.04 Å². The molecule has 0 aromatic heterocycles. The van der Waals surface area contributed by atoms with Gasteiger partial charge in [-0.1, -0.05) is 30.3 Å². The summed E-state index contributed by atoms with van der Waals surface area (Å²) in [4.78, 5) is 61.5. The number of hydrogen-bond acceptors (Lipinski definition) is 7. The first-order valence-corrected chi connectivity index (χ1v) is 12.5. The highest BCUT2D eigenvalue weighted by Crippen LogP contribution is 2.10. The molecule has 3 amide bonds. The van der Waals surface area contributed by atoms with Gasteiger partial charge in [0.2, 0.25) is 17.7 Å². The third-order valence-electron chi connectivity index (χ3n) is 6.13. The maximum atomic E-state index is 13.3. The second-order valence-corrected chi connectivity index (χ2v) is 9.08. The van der Waals surface area contributed by atoms with Gasteiger partial charge in [-0.3, -0.25) is 19.2 Å². The first-order chi connectivity index (χ1) is 17.7. The van der Waals surface area contributed by atoms with Crippen LogP contribution in [0.15, 0.2) is 30.3 Å². The molecule has 4 atom stereocenters. The van der Waals surface area contributed by atoms with Gasteiger partial charge >= 0.3 is 11.9 Å². The van der Waals surface area contributed by atoms with Crippen molar-refractivity contribution in [3.05, 3.63) is 35.9 Å². The van der Waals surface area contributed by atoms with Gasteiger partial charge < -0.3 is 37.2 Å². The second kappa shape index (κ2) is 15.6. The van der Waals surface area contributed by atoms with Crippen LogP contribution in [-0.2, 0) is 30.4 Å². The minimum absolute atomic E-state index is 0.0668. The number of carbonyl (C=O) groups excluding carboxylic acids is 3. The van der Waals surface area contributed by atoms with Crippen LogP contribution >= 0.6 is 0 Å². The number of rotatable bonds is 16. The molecule has 8 N–H and O–H groups in total. The molecule has 12 heteroatoms. The maximum Gasteiger partial charge on any atom is 0.326 e. The molecule has 1 fully saturated rings. The Morgan fingerprint density at radius 2 is 1.59 bits per heavy atom. The molecule has 1 aromatic rings. The number of aliphatic carboxylic acids is 2. The van der Waals surface area contributed by atoms with E-state index in [0.29, 0.717) is 38.8 Å². The van der Waals surface area contributed by atoms with Gasteiger partial charge in [-0.25, -0.2) is 4.79 Å². The third kappa shape index (κ3) is 10.6. The number of nitrogens with one attached hydrogen (secondary N) is 4. The van der Waals surface area contributed by atoms with Crippen LogP contribution in [0.3, 0.4) is 0 Å². The Morgan fingerprint density at radius 1 is 0.919 bits per heavy atom. The molecular weight excluding hydrogens is 482 g/mol. The quantitative estimate of drug-likeness (QED) is 0.141. The number of hydrogen-bond donors (Lipinski definition) is 7. The molecule has 1 saturated heterocycles. The molecule has 1 aromatic carbocycles. The van der Waals surface area contributed by atoms with Crippen LogP contribution in [0.25, 0.3) is 0 Å². The zero-order valence-corrected chi connectivity index (χ0v) is 20.8. The monoisotopic (exact) mass is 519 g/mol. The van der Waals surface area contributed by atoms with Crippen LogP contribution in [0.4, 0.5) is 0 Å². The Balaban J connectivity index is 2.18. The average molecular weight is 520 g/mol. The Morgan fingerprint density at radius 3 is 2.19 bits per heavy atom. The number of carboxylic acid groups (broad SMARTS) is 2. The highest BCUT2D eigenvalue weighted by molar-refractivity contribution is 5.94. The third-order valence-corrected chi connectivity index (χ3v) is 6.13. The summed E-state index contributed by atoms with van der Waals surface area (Å²) in [6, 6.07) is 4.97. The van der Waals surface area contributed by atoms with E-state index in [9.17, 15) is 29.1 Å². The van der Waals surface area contributed by atoms with Crippen molar-refractivity contribution in [2.75, 3.05) is 13.1 Å². The van der Waals surface area contributed by atoms with E-state index in [1.165, 1.54) is 0 Å². The highest BCUT2D eigenvalue weighted by atomic mass is 16.4. The van der Waals surface area contributed by atoms with Crippen molar-refractivity contribution >= 4 is 29.7 Å². The number of carbonyl (C=O) groups is 5. The van der Waals surface area contributed by atoms with E-state index < -0.39 is 54.3 Å². The van der Waals surface area contributed by atoms with Gasteiger partial charge in [0.15, 0.2) is 0 Å². The normalized spacial score (nSPS) is 17.3. The van der Waals surface area contributed by atoms with E-state index in [2.05, 4.69) is 21.3 Å². The van der Waals surface area contributed by atoms with E-state index in [1.54, 1.807) is 30.3 Å². The molecule has 2 rings (SSSR count). The lowest BCUT2D eigenvalue weighted by Gasteiger charge is -2.25. The molecule has 4 unspecified atom stereocenters. The smallest absolute Gasteiger partial charge is 0.326 e. The van der Waals surface area contributed by atoms with E-state index >= 15 is 0 Å². The van der Waals surface area contributed by atoms with Gasteiger partial charge in [0.25, 0.3) is 0 Å². The number of nitrogens with two attached hydrogens (primary N) is 1. The fourth-order valence-corrected chi connectivity index (χ4v) is 4.07. The largest absolute Gasteiger partial charge is 0.481 e. The van der Waals surface area contributed by atoms with Crippen molar-refractivity contribution in [3.63, 3.8) is 0 Å². The average Bonchev–Trinajstić information content (AvgIpc) is 3.41. The van der Waals surface area contributed by atoms with Crippen LogP contribution in [0.1, 0.15) is 50.5 Å². The molecule has 1 heterocycles. The minimum Gasteiger partial charge on any atom is -0.481 e. The molecular formula is C25H37N5O7. The van der Waals surface area contributed by atoms with Crippen LogP contribution < -0.4 is 27.0 Å². The summed E-state index contributed by atoms with van der Waals surface area (Å²) in [5.41, 5.74) is 6.30. The van der Waals surface area contributed by atoms with Gasteiger partial charge in [-0.05, 0) is 57.2 Å². The van der Waals surface area contributed by atoms with Crippen molar-refractivity contribution in [2.45, 2.75) is 75.5 Å². The van der Waals surface area contributed by atoms with E-state index in [1.807, 2.05) is 0 Å². The van der Waals surface area contributed by atoms with Crippen LogP contribution in [0, 0.1) is 0 Å². The predicted molar refractivity (Wildman–Crippen MR) is 134 cm³/mol. The highest BCUT2D eigenvalue weighted by Gasteiger charge is 2.31. The van der Waals surface area contributed by atoms with Crippen LogP contribution in [-0.4, -0.2) is 77.1 Å². The number of amides is 3. The number of benzene rings is 1. The zero-order valence-electron chi connectivity index (χ0n) is 20.8. The molecule has 0 aliphatic carbocycles. The summed E-state index contributed by atoms with van der Waals surface area (Å²) in [5, 5.41) is 29.2. The van der Waals surface area contributed by atoms with E-state index in [-0.39, 0.29) is 18.7 Å². The van der Waals surface area contributed by atoms with Gasteiger partial charge in [-0.2, -0.15) is 0 Å². The standard InChI is InChI=1S/C25H37N5O7/c26-13-5-4-9-18(28-22(33)17-10-6-14-27-17)23(34)30-20(15-16-7-2-1-3-8-16)24(35)29-19(25(36)37)11-12-21(31)32/h1-3,7-8,17-20,27H,4-6,9-15,26H2,(H,28,33)(H,29,35)(H,30,34)(H,31,32)(H,36,37). The van der Waals surface area contributed by atoms with E-state index in [4.69, 9.17) is 10.8 Å². The molecule has 0 spiro atoms. The molecule has 37 heavy (non-hydrogen) atoms. The molecule has 0 radical (unpaired) electrons. The maximum absolute atomic E-state index is 13.3. The van der Waals surface area contributed by atoms with Crippen molar-refractivity contribution in [1.29, 1.82) is 0 Å². The Labute approximate surface area is 215 Å². The molecule has 0 bridgehead atoms. The topological polar surface area (TPSA) is 200 Å². The van der Waals surface area contributed by atoms with Crippen molar-refractivity contribution < 1.29 is 34.2 Å². The SMILES string of the molecule is NCCCCC(NC(=O)C1CCCN1)C(=O)NC(Cc1ccccc1)C(=O)NC(CCC(=O)O)C(=O)O. The molecule has 1 aliphatic rings. The first kappa shape index (κ1) is 29.7. The van der Waals surface area contributed by atoms with Gasteiger partial charge in [-0.15, -0.1) is 0 Å². The summed E-state index contributed by atoms with van der Waals surface area (Å²) in [7, 11) is 0. The van der Waals surface area contributed by atoms with E-state index in [0.717, 1.165) is 12.0 Å².